The molecule has 1 N–H and O–H groups in total. The minimum absolute atomic E-state index is 0.00303. The Balaban J connectivity index is 1.18. The van der Waals surface area contributed by atoms with Crippen molar-refractivity contribution in [2.24, 2.45) is 4.99 Å². The summed E-state index contributed by atoms with van der Waals surface area (Å²) in [5.41, 5.74) is 6.93. The number of benzene rings is 4. The Bertz CT molecular complexity index is 1410. The summed E-state index contributed by atoms with van der Waals surface area (Å²) in [6.45, 7) is 2.30. The standard InChI is InChI=1S/C33H30N2O3/c1-22-31(24-14-6-3-7-15-24)38-32(34-22)30(20-23-12-4-2-5-13-23)35-33(36)37-21-29-27-18-10-8-16-25(27)26-17-9-11-19-28(26)29/h2-19,22,29-31H,20-21H2,1H3,(H,35,36)/t22-,30+,31+/m0/s1. The van der Waals surface area contributed by atoms with Crippen molar-refractivity contribution in [2.75, 3.05) is 6.61 Å². The predicted molar refractivity (Wildman–Crippen MR) is 149 cm³/mol. The number of rotatable bonds is 7. The summed E-state index contributed by atoms with van der Waals surface area (Å²) < 4.78 is 12.2. The van der Waals surface area contributed by atoms with Gasteiger partial charge in [-0.2, -0.15) is 0 Å². The molecule has 0 spiro atoms. The zero-order chi connectivity index (χ0) is 25.9. The van der Waals surface area contributed by atoms with E-state index in [0.29, 0.717) is 12.3 Å². The van der Waals surface area contributed by atoms with Gasteiger partial charge in [0.15, 0.2) is 0 Å². The van der Waals surface area contributed by atoms with Gasteiger partial charge in [-0.05, 0) is 40.3 Å². The third kappa shape index (κ3) is 4.80. The van der Waals surface area contributed by atoms with Gasteiger partial charge in [0.1, 0.15) is 18.8 Å². The molecule has 0 fully saturated rings. The summed E-state index contributed by atoms with van der Waals surface area (Å²) in [5.74, 6) is 0.534. The number of carbonyl (C=O) groups is 1. The van der Waals surface area contributed by atoms with Gasteiger partial charge in [0.05, 0.1) is 6.04 Å². The predicted octanol–water partition coefficient (Wildman–Crippen LogP) is 6.69. The Morgan fingerprint density at radius 1 is 0.842 bits per heavy atom. The van der Waals surface area contributed by atoms with Gasteiger partial charge in [-0.15, -0.1) is 0 Å². The first kappa shape index (κ1) is 24.0. The lowest BCUT2D eigenvalue weighted by atomic mass is 9.98. The number of nitrogens with one attached hydrogen (secondary N) is 1. The van der Waals surface area contributed by atoms with Crippen molar-refractivity contribution in [3.8, 4) is 11.1 Å². The fourth-order valence-electron chi connectivity index (χ4n) is 5.52. The molecular formula is C33H30N2O3. The summed E-state index contributed by atoms with van der Waals surface area (Å²) in [6, 6.07) is 36.3. The average Bonchev–Trinajstić information content (AvgIpc) is 3.50. The van der Waals surface area contributed by atoms with E-state index in [1.165, 1.54) is 22.3 Å². The highest BCUT2D eigenvalue weighted by molar-refractivity contribution is 5.87. The monoisotopic (exact) mass is 502 g/mol. The number of hydrogen-bond acceptors (Lipinski definition) is 4. The van der Waals surface area contributed by atoms with Gasteiger partial charge in [-0.1, -0.05) is 109 Å². The van der Waals surface area contributed by atoms with E-state index in [0.717, 1.165) is 11.1 Å². The molecule has 3 atom stereocenters. The van der Waals surface area contributed by atoms with Crippen molar-refractivity contribution in [2.45, 2.75) is 37.5 Å². The minimum atomic E-state index is -0.477. The molecule has 0 unspecified atom stereocenters. The number of nitrogens with zero attached hydrogens (tertiary/aromatic N) is 1. The van der Waals surface area contributed by atoms with Gasteiger partial charge in [0.2, 0.25) is 5.90 Å². The molecule has 1 aliphatic carbocycles. The van der Waals surface area contributed by atoms with Crippen LogP contribution in [0.25, 0.3) is 11.1 Å². The lowest BCUT2D eigenvalue weighted by molar-refractivity contribution is 0.138. The molecule has 2 aliphatic rings. The number of hydrogen-bond donors (Lipinski definition) is 1. The second kappa shape index (κ2) is 10.5. The summed E-state index contributed by atoms with van der Waals surface area (Å²) in [6.07, 6.45) is -0.110. The van der Waals surface area contributed by atoms with E-state index in [-0.39, 0.29) is 24.7 Å². The van der Waals surface area contributed by atoms with Gasteiger partial charge in [-0.3, -0.25) is 0 Å². The number of fused-ring (bicyclic) bond motifs is 3. The summed E-state index contributed by atoms with van der Waals surface area (Å²) in [4.78, 5) is 18.0. The van der Waals surface area contributed by atoms with Crippen LogP contribution in [0.1, 0.15) is 41.2 Å². The summed E-state index contributed by atoms with van der Waals surface area (Å²) in [5, 5.41) is 3.05. The van der Waals surface area contributed by atoms with Crippen LogP contribution in [-0.4, -0.2) is 30.7 Å². The van der Waals surface area contributed by atoms with Crippen LogP contribution in [0.3, 0.4) is 0 Å². The Labute approximate surface area is 223 Å². The van der Waals surface area contributed by atoms with Gasteiger partial charge < -0.3 is 14.8 Å². The molecule has 4 aromatic rings. The summed E-state index contributed by atoms with van der Waals surface area (Å²) in [7, 11) is 0. The van der Waals surface area contributed by atoms with E-state index in [1.54, 1.807) is 0 Å². The number of alkyl carbamates (subject to hydrolysis) is 1. The van der Waals surface area contributed by atoms with Crippen LogP contribution in [0.2, 0.25) is 0 Å². The molecule has 0 aromatic heterocycles. The molecule has 1 heterocycles. The van der Waals surface area contributed by atoms with Crippen LogP contribution in [0.15, 0.2) is 114 Å². The quantitative estimate of drug-likeness (QED) is 0.306. The van der Waals surface area contributed by atoms with Crippen LogP contribution in [-0.2, 0) is 15.9 Å². The van der Waals surface area contributed by atoms with E-state index >= 15 is 0 Å². The zero-order valence-corrected chi connectivity index (χ0v) is 21.3. The molecule has 0 saturated heterocycles. The maximum absolute atomic E-state index is 13.2. The van der Waals surface area contributed by atoms with Gasteiger partial charge in [0.25, 0.3) is 0 Å². The number of carbonyl (C=O) groups excluding carboxylic acids is 1. The Morgan fingerprint density at radius 2 is 1.42 bits per heavy atom. The molecule has 38 heavy (non-hydrogen) atoms. The van der Waals surface area contributed by atoms with E-state index in [2.05, 4.69) is 29.6 Å². The van der Waals surface area contributed by atoms with Crippen molar-refractivity contribution in [3.63, 3.8) is 0 Å². The second-order valence-corrected chi connectivity index (χ2v) is 9.87. The molecule has 4 aromatic carbocycles. The lowest BCUT2D eigenvalue weighted by Gasteiger charge is -2.21. The average molecular weight is 503 g/mol. The van der Waals surface area contributed by atoms with Gasteiger partial charge >= 0.3 is 6.09 Å². The normalized spacial score (nSPS) is 18.6. The van der Waals surface area contributed by atoms with Gasteiger partial charge in [-0.25, -0.2) is 9.79 Å². The number of amides is 1. The number of aliphatic imine (C=N–C) groups is 1. The van der Waals surface area contributed by atoms with E-state index in [9.17, 15) is 4.79 Å². The van der Waals surface area contributed by atoms with Crippen LogP contribution in [0.4, 0.5) is 4.79 Å². The smallest absolute Gasteiger partial charge is 0.407 e. The molecule has 1 amide bonds. The SMILES string of the molecule is C[C@@H]1N=C([C@@H](Cc2ccccc2)NC(=O)OCC2c3ccccc3-c3ccccc32)O[C@H]1c1ccccc1. The Kier molecular flexibility index (Phi) is 6.65. The molecule has 0 saturated carbocycles. The zero-order valence-electron chi connectivity index (χ0n) is 21.3. The first-order chi connectivity index (χ1) is 18.7. The van der Waals surface area contributed by atoms with E-state index in [1.807, 2.05) is 91.9 Å². The Morgan fingerprint density at radius 3 is 2.08 bits per heavy atom. The molecular weight excluding hydrogens is 472 g/mol. The molecule has 5 heteroatoms. The lowest BCUT2D eigenvalue weighted by Crippen LogP contribution is -2.43. The molecule has 0 bridgehead atoms. The minimum Gasteiger partial charge on any atom is -0.469 e. The maximum atomic E-state index is 13.2. The highest BCUT2D eigenvalue weighted by Crippen LogP contribution is 2.44. The van der Waals surface area contributed by atoms with Crippen LogP contribution < -0.4 is 5.32 Å². The van der Waals surface area contributed by atoms with Crippen LogP contribution >= 0.6 is 0 Å². The van der Waals surface area contributed by atoms with Gasteiger partial charge in [0, 0.05) is 12.3 Å². The molecule has 0 radical (unpaired) electrons. The largest absolute Gasteiger partial charge is 0.469 e. The molecule has 5 nitrogen and oxygen atoms in total. The van der Waals surface area contributed by atoms with Crippen molar-refractivity contribution < 1.29 is 14.3 Å². The molecule has 190 valence electrons. The fourth-order valence-corrected chi connectivity index (χ4v) is 5.52. The number of ether oxygens (including phenoxy) is 2. The molecule has 1 aliphatic heterocycles. The first-order valence-electron chi connectivity index (χ1n) is 13.1. The van der Waals surface area contributed by atoms with E-state index < -0.39 is 12.1 Å². The Hall–Kier alpha value is -4.38. The topological polar surface area (TPSA) is 59.9 Å². The molecule has 6 rings (SSSR count). The summed E-state index contributed by atoms with van der Waals surface area (Å²) >= 11 is 0. The highest BCUT2D eigenvalue weighted by Gasteiger charge is 2.35. The van der Waals surface area contributed by atoms with Crippen molar-refractivity contribution in [3.05, 3.63) is 131 Å². The van der Waals surface area contributed by atoms with Crippen LogP contribution in [0, 0.1) is 0 Å². The first-order valence-corrected chi connectivity index (χ1v) is 13.1. The third-order valence-electron chi connectivity index (χ3n) is 7.36. The van der Waals surface area contributed by atoms with Crippen molar-refractivity contribution in [1.82, 2.24) is 5.32 Å². The van der Waals surface area contributed by atoms with Crippen molar-refractivity contribution in [1.29, 1.82) is 0 Å². The fraction of sp³-hybridized carbons (Fsp3) is 0.212. The van der Waals surface area contributed by atoms with Crippen molar-refractivity contribution >= 4 is 12.0 Å². The second-order valence-electron chi connectivity index (χ2n) is 9.87. The maximum Gasteiger partial charge on any atom is 0.407 e. The highest BCUT2D eigenvalue weighted by atomic mass is 16.6. The third-order valence-corrected chi connectivity index (χ3v) is 7.36. The van der Waals surface area contributed by atoms with Crippen LogP contribution in [0.5, 0.6) is 0 Å². The van der Waals surface area contributed by atoms with E-state index in [4.69, 9.17) is 14.5 Å².